The maximum absolute atomic E-state index is 13.8. The van der Waals surface area contributed by atoms with Crippen LogP contribution in [0.1, 0.15) is 18.1 Å². The van der Waals surface area contributed by atoms with Crippen LogP contribution in [0.5, 0.6) is 0 Å². The van der Waals surface area contributed by atoms with Crippen molar-refractivity contribution in [3.63, 3.8) is 0 Å². The van der Waals surface area contributed by atoms with E-state index in [9.17, 15) is 44.3 Å². The second-order valence-electron chi connectivity index (χ2n) is 8.56. The summed E-state index contributed by atoms with van der Waals surface area (Å²) in [5.41, 5.74) is -0.504. The lowest BCUT2D eigenvalue weighted by Crippen LogP contribution is -2.56. The monoisotopic (exact) mass is 537 g/mol. The molecule has 3 rings (SSSR count). The standard InChI is InChI=1S/C21H24F9N3O3/c1-13-11-31(4-5-33(13)18(34)36-17(20(25,26)27)21(28,29)30)12-14-2-3-15(10-16(14)19(22,23)24)32-6-8-35-9-7-32/h2-3,10,13,17H,4-9,11-12H2,1H3/t13-/m1/s1. The molecule has 204 valence electrons. The Labute approximate surface area is 200 Å². The van der Waals surface area contributed by atoms with Crippen LogP contribution in [-0.2, 0) is 22.2 Å². The molecule has 36 heavy (non-hydrogen) atoms. The molecule has 1 aromatic carbocycles. The summed E-state index contributed by atoms with van der Waals surface area (Å²) in [5, 5.41) is 0. The van der Waals surface area contributed by atoms with Crippen LogP contribution in [0, 0.1) is 0 Å². The van der Waals surface area contributed by atoms with Crippen LogP contribution in [0.4, 0.5) is 50.0 Å². The van der Waals surface area contributed by atoms with E-state index in [2.05, 4.69) is 4.74 Å². The van der Waals surface area contributed by atoms with E-state index in [1.165, 1.54) is 13.0 Å². The molecular weight excluding hydrogens is 513 g/mol. The lowest BCUT2D eigenvalue weighted by Gasteiger charge is -2.40. The minimum absolute atomic E-state index is 0.0445. The normalized spacial score (nSPS) is 20.7. The Morgan fingerprint density at radius 1 is 1.00 bits per heavy atom. The molecule has 15 heteroatoms. The summed E-state index contributed by atoms with van der Waals surface area (Å²) in [7, 11) is 0. The van der Waals surface area contributed by atoms with E-state index in [4.69, 9.17) is 4.74 Å². The van der Waals surface area contributed by atoms with E-state index >= 15 is 0 Å². The zero-order valence-corrected chi connectivity index (χ0v) is 19.0. The summed E-state index contributed by atoms with van der Waals surface area (Å²) < 4.78 is 127. The molecule has 6 nitrogen and oxygen atoms in total. The minimum atomic E-state index is -5.85. The molecule has 2 aliphatic rings. The third-order valence-corrected chi connectivity index (χ3v) is 5.93. The van der Waals surface area contributed by atoms with Gasteiger partial charge >= 0.3 is 24.6 Å². The van der Waals surface area contributed by atoms with Crippen molar-refractivity contribution in [3.8, 4) is 0 Å². The third-order valence-electron chi connectivity index (χ3n) is 5.93. The van der Waals surface area contributed by atoms with Gasteiger partial charge in [0, 0.05) is 51.0 Å². The fourth-order valence-corrected chi connectivity index (χ4v) is 4.16. The molecule has 2 aliphatic heterocycles. The highest BCUT2D eigenvalue weighted by Gasteiger charge is 2.60. The molecule has 1 amide bonds. The number of benzene rings is 1. The maximum atomic E-state index is 13.8. The van der Waals surface area contributed by atoms with Gasteiger partial charge in [0.1, 0.15) is 0 Å². The zero-order valence-electron chi connectivity index (χ0n) is 19.0. The van der Waals surface area contributed by atoms with Crippen LogP contribution < -0.4 is 4.90 Å². The summed E-state index contributed by atoms with van der Waals surface area (Å²) >= 11 is 0. The molecule has 0 bridgehead atoms. The quantitative estimate of drug-likeness (QED) is 0.523. The molecular formula is C21H24F9N3O3. The van der Waals surface area contributed by atoms with Crippen molar-refractivity contribution >= 4 is 11.8 Å². The molecule has 0 radical (unpaired) electrons. The number of carbonyl (C=O) groups is 1. The molecule has 2 saturated heterocycles. The average Bonchev–Trinajstić information content (AvgIpc) is 2.76. The van der Waals surface area contributed by atoms with Gasteiger partial charge in [-0.25, -0.2) is 4.79 Å². The van der Waals surface area contributed by atoms with Gasteiger partial charge in [-0.3, -0.25) is 4.90 Å². The Morgan fingerprint density at radius 3 is 2.14 bits per heavy atom. The van der Waals surface area contributed by atoms with E-state index in [1.54, 1.807) is 15.9 Å². The van der Waals surface area contributed by atoms with Gasteiger partial charge in [0.05, 0.1) is 18.8 Å². The number of hydrogen-bond acceptors (Lipinski definition) is 5. The van der Waals surface area contributed by atoms with Gasteiger partial charge in [0.25, 0.3) is 6.10 Å². The zero-order chi connectivity index (χ0) is 26.9. The molecule has 0 N–H and O–H groups in total. The number of nitrogens with zero attached hydrogens (tertiary/aromatic N) is 3. The van der Waals surface area contributed by atoms with Crippen molar-refractivity contribution < 1.29 is 53.8 Å². The molecule has 0 spiro atoms. The molecule has 1 aromatic rings. The number of ether oxygens (including phenoxy) is 2. The Bertz CT molecular complexity index is 901. The SMILES string of the molecule is C[C@@H]1CN(Cc2ccc(N3CCOCC3)cc2C(F)(F)F)CCN1C(=O)OC(C(F)(F)F)C(F)(F)F. The first kappa shape index (κ1) is 28.2. The van der Waals surface area contributed by atoms with Gasteiger partial charge in [-0.15, -0.1) is 0 Å². The van der Waals surface area contributed by atoms with Crippen LogP contribution in [-0.4, -0.2) is 86.3 Å². The molecule has 2 fully saturated rings. The Hall–Kier alpha value is -2.42. The predicted molar refractivity (Wildman–Crippen MR) is 108 cm³/mol. The van der Waals surface area contributed by atoms with Gasteiger partial charge in [-0.1, -0.05) is 6.07 Å². The van der Waals surface area contributed by atoms with Gasteiger partial charge in [-0.05, 0) is 24.6 Å². The first-order valence-corrected chi connectivity index (χ1v) is 10.9. The predicted octanol–water partition coefficient (Wildman–Crippen LogP) is 4.68. The summed E-state index contributed by atoms with van der Waals surface area (Å²) in [4.78, 5) is 16.1. The topological polar surface area (TPSA) is 45.2 Å². The highest BCUT2D eigenvalue weighted by atomic mass is 19.4. The number of amides is 1. The number of alkyl halides is 9. The van der Waals surface area contributed by atoms with Gasteiger partial charge in [0.2, 0.25) is 0 Å². The molecule has 0 saturated carbocycles. The number of anilines is 1. The fourth-order valence-electron chi connectivity index (χ4n) is 4.16. The van der Waals surface area contributed by atoms with Crippen molar-refractivity contribution in [3.05, 3.63) is 29.3 Å². The molecule has 0 aliphatic carbocycles. The van der Waals surface area contributed by atoms with Gasteiger partial charge in [0.15, 0.2) is 0 Å². The first-order valence-electron chi connectivity index (χ1n) is 10.9. The largest absolute Gasteiger partial charge is 0.434 e. The summed E-state index contributed by atoms with van der Waals surface area (Å²) in [5.74, 6) is 0. The Balaban J connectivity index is 1.68. The second kappa shape index (κ2) is 10.5. The second-order valence-corrected chi connectivity index (χ2v) is 8.56. The lowest BCUT2D eigenvalue weighted by molar-refractivity contribution is -0.308. The van der Waals surface area contributed by atoms with Crippen LogP contribution in [0.25, 0.3) is 0 Å². The van der Waals surface area contributed by atoms with Crippen LogP contribution in [0.3, 0.4) is 0 Å². The first-order chi connectivity index (χ1) is 16.6. The van der Waals surface area contributed by atoms with E-state index in [0.717, 1.165) is 6.07 Å². The average molecular weight is 537 g/mol. The number of carbonyl (C=O) groups excluding carboxylic acids is 1. The summed E-state index contributed by atoms with van der Waals surface area (Å²) in [6, 6.07) is 3.04. The lowest BCUT2D eigenvalue weighted by atomic mass is 10.0. The summed E-state index contributed by atoms with van der Waals surface area (Å²) in [6.45, 7) is 2.35. The third kappa shape index (κ3) is 6.87. The van der Waals surface area contributed by atoms with Crippen LogP contribution >= 0.6 is 0 Å². The van der Waals surface area contributed by atoms with Crippen LogP contribution in [0.2, 0.25) is 0 Å². The smallest absolute Gasteiger partial charge is 0.426 e. The van der Waals surface area contributed by atoms with Gasteiger partial charge < -0.3 is 19.3 Å². The Morgan fingerprint density at radius 2 is 1.61 bits per heavy atom. The number of morpholine rings is 1. The molecule has 1 atom stereocenters. The minimum Gasteiger partial charge on any atom is -0.426 e. The molecule has 2 heterocycles. The van der Waals surface area contributed by atoms with Crippen molar-refractivity contribution in [1.29, 1.82) is 0 Å². The number of halogens is 9. The highest BCUT2D eigenvalue weighted by molar-refractivity contribution is 5.68. The van der Waals surface area contributed by atoms with Gasteiger partial charge in [-0.2, -0.15) is 39.5 Å². The van der Waals surface area contributed by atoms with Crippen molar-refractivity contribution in [2.45, 2.75) is 44.1 Å². The van der Waals surface area contributed by atoms with Crippen molar-refractivity contribution in [2.75, 3.05) is 50.8 Å². The van der Waals surface area contributed by atoms with Crippen molar-refractivity contribution in [2.24, 2.45) is 0 Å². The summed E-state index contributed by atoms with van der Waals surface area (Å²) in [6.07, 6.45) is -22.4. The van der Waals surface area contributed by atoms with E-state index in [1.807, 2.05) is 0 Å². The highest BCUT2D eigenvalue weighted by Crippen LogP contribution is 2.37. The number of hydrogen-bond donors (Lipinski definition) is 0. The number of rotatable bonds is 4. The van der Waals surface area contributed by atoms with E-state index in [-0.39, 0.29) is 31.7 Å². The molecule has 0 aromatic heterocycles. The van der Waals surface area contributed by atoms with E-state index < -0.39 is 42.3 Å². The fraction of sp³-hybridized carbons (Fsp3) is 0.667. The Kier molecular flexibility index (Phi) is 8.23. The maximum Gasteiger partial charge on any atom is 0.434 e. The van der Waals surface area contributed by atoms with E-state index in [0.29, 0.717) is 36.9 Å². The van der Waals surface area contributed by atoms with Crippen LogP contribution in [0.15, 0.2) is 18.2 Å². The van der Waals surface area contributed by atoms with Crippen molar-refractivity contribution in [1.82, 2.24) is 9.80 Å². The number of piperazine rings is 1. The molecule has 0 unspecified atom stereocenters.